The van der Waals surface area contributed by atoms with Crippen molar-refractivity contribution in [2.45, 2.75) is 103 Å². The maximum Gasteiger partial charge on any atom is 0.0425 e. The summed E-state index contributed by atoms with van der Waals surface area (Å²) in [5.41, 5.74) is 0. The van der Waals surface area contributed by atoms with E-state index in [1.807, 2.05) is 0 Å². The lowest BCUT2D eigenvalue weighted by molar-refractivity contribution is -0.429. The van der Waals surface area contributed by atoms with Crippen LogP contribution in [0.5, 0.6) is 0 Å². The Labute approximate surface area is 216 Å². The van der Waals surface area contributed by atoms with E-state index in [4.69, 9.17) is 0 Å². The summed E-state index contributed by atoms with van der Waals surface area (Å²) in [4.78, 5) is 63.8. The van der Waals surface area contributed by atoms with Gasteiger partial charge < -0.3 is 29.4 Å². The molecule has 0 amide bonds. The van der Waals surface area contributed by atoms with Crippen molar-refractivity contribution in [1.29, 1.82) is 0 Å². The summed E-state index contributed by atoms with van der Waals surface area (Å²) in [6.45, 7) is 0. The SMILES string of the molecule is [O-][P+]([O-])([O-])CCCCCCCCCCP(CCCCCCCCCC[P+]([O-])([O-])[O-])c1ccccc1. The molecule has 0 saturated carbocycles. The van der Waals surface area contributed by atoms with Gasteiger partial charge in [-0.3, -0.25) is 0 Å². The van der Waals surface area contributed by atoms with E-state index < -0.39 is 15.9 Å². The minimum atomic E-state index is -4.32. The summed E-state index contributed by atoms with van der Waals surface area (Å²) in [5.74, 6) is 0. The molecule has 0 aliphatic heterocycles. The predicted octanol–water partition coefficient (Wildman–Crippen LogP) is 2.72. The largest absolute Gasteiger partial charge is 0.688 e. The Morgan fingerprint density at radius 1 is 0.429 bits per heavy atom. The summed E-state index contributed by atoms with van der Waals surface area (Å²) in [6.07, 6.45) is 18.9. The lowest BCUT2D eigenvalue weighted by Gasteiger charge is -2.42. The number of hydrogen-bond acceptors (Lipinski definition) is 6. The van der Waals surface area contributed by atoms with Gasteiger partial charge >= 0.3 is 0 Å². The van der Waals surface area contributed by atoms with E-state index >= 15 is 0 Å². The molecule has 1 aromatic rings. The van der Waals surface area contributed by atoms with Gasteiger partial charge in [-0.05, 0) is 56.2 Å². The minimum absolute atomic E-state index is 0.115. The van der Waals surface area contributed by atoms with Gasteiger partial charge in [-0.1, -0.05) is 102 Å². The molecule has 9 heteroatoms. The van der Waals surface area contributed by atoms with Gasteiger partial charge in [0.05, 0.1) is 0 Å². The van der Waals surface area contributed by atoms with E-state index in [0.29, 0.717) is 12.8 Å². The molecule has 0 heterocycles. The maximum atomic E-state index is 10.6. The van der Waals surface area contributed by atoms with Gasteiger partial charge in [0.25, 0.3) is 0 Å². The van der Waals surface area contributed by atoms with Crippen molar-refractivity contribution in [2.24, 2.45) is 0 Å². The van der Waals surface area contributed by atoms with Crippen molar-refractivity contribution in [3.63, 3.8) is 0 Å². The Morgan fingerprint density at radius 3 is 1.09 bits per heavy atom. The molecular weight excluding hydrogens is 501 g/mol. The smallest absolute Gasteiger partial charge is 0.0425 e. The Morgan fingerprint density at radius 2 is 0.743 bits per heavy atom. The molecule has 0 aliphatic rings. The van der Waals surface area contributed by atoms with Crippen LogP contribution in [0.1, 0.15) is 103 Å². The Bertz CT molecular complexity index is 573. The molecule has 0 unspecified atom stereocenters. The third kappa shape index (κ3) is 22.0. The van der Waals surface area contributed by atoms with E-state index in [-0.39, 0.29) is 20.2 Å². The van der Waals surface area contributed by atoms with Crippen molar-refractivity contribution >= 4 is 29.1 Å². The quantitative estimate of drug-likeness (QED) is 0.153. The van der Waals surface area contributed by atoms with E-state index in [1.165, 1.54) is 69.0 Å². The monoisotopic (exact) mass is 546 g/mol. The van der Waals surface area contributed by atoms with E-state index in [1.54, 1.807) is 0 Å². The van der Waals surface area contributed by atoms with E-state index in [2.05, 4.69) is 30.3 Å². The highest BCUT2D eigenvalue weighted by molar-refractivity contribution is 7.65. The van der Waals surface area contributed by atoms with Crippen molar-refractivity contribution in [3.8, 4) is 0 Å². The number of rotatable bonds is 23. The molecule has 1 aromatic carbocycles. The normalized spacial score (nSPS) is 12.5. The van der Waals surface area contributed by atoms with Crippen LogP contribution in [-0.2, 0) is 0 Å². The molecule has 0 N–H and O–H groups in total. The molecule has 6 nitrogen and oxygen atoms in total. The lowest BCUT2D eigenvalue weighted by atomic mass is 10.1. The molecule has 0 bridgehead atoms. The average molecular weight is 547 g/mol. The maximum absolute atomic E-state index is 10.6. The first kappa shape index (κ1) is 33.3. The second kappa shape index (κ2) is 20.3. The second-order valence-electron chi connectivity index (χ2n) is 9.65. The standard InChI is InChI=1S/C26H49O6P3/c27-34(28,29)24-18-11-7-3-1-5-9-16-22-33(26-20-14-13-15-21-26)23-17-10-6-2-4-8-12-19-25-35(30,31)32/h13-15,20-21H,1-12,16-19,22-25H2,(H2,27,28,29)(H2,30,31,32)/p-4. The molecule has 0 spiro atoms. The fraction of sp³-hybridized carbons (Fsp3) is 0.769. The Kier molecular flexibility index (Phi) is 19.3. The summed E-state index contributed by atoms with van der Waals surface area (Å²) in [5, 5.41) is 1.51. The molecule has 0 aromatic heterocycles. The van der Waals surface area contributed by atoms with Crippen LogP contribution in [-0.4, -0.2) is 24.6 Å². The molecule has 0 atom stereocenters. The zero-order valence-corrected chi connectivity index (χ0v) is 24.0. The second-order valence-corrected chi connectivity index (χ2v) is 15.5. The van der Waals surface area contributed by atoms with Crippen LogP contribution < -0.4 is 34.7 Å². The fourth-order valence-electron chi connectivity index (χ4n) is 4.35. The predicted molar refractivity (Wildman–Crippen MR) is 140 cm³/mol. The molecular formula is C26H45O6P3-4. The van der Waals surface area contributed by atoms with Crippen LogP contribution in [0.25, 0.3) is 0 Å². The van der Waals surface area contributed by atoms with Crippen LogP contribution in [0.4, 0.5) is 0 Å². The van der Waals surface area contributed by atoms with Gasteiger partial charge in [0.1, 0.15) is 0 Å². The Balaban J connectivity index is 2.10. The van der Waals surface area contributed by atoms with Gasteiger partial charge in [-0.2, -0.15) is 15.9 Å². The van der Waals surface area contributed by atoms with E-state index in [9.17, 15) is 29.4 Å². The number of hydrogen-bond donors (Lipinski definition) is 0. The highest BCUT2D eigenvalue weighted by Gasteiger charge is 2.10. The fourth-order valence-corrected chi connectivity index (χ4v) is 8.11. The van der Waals surface area contributed by atoms with Gasteiger partial charge in [-0.15, -0.1) is 0 Å². The minimum Gasteiger partial charge on any atom is -0.688 e. The van der Waals surface area contributed by atoms with Crippen LogP contribution in [0.15, 0.2) is 30.3 Å². The molecule has 0 radical (unpaired) electrons. The van der Waals surface area contributed by atoms with Crippen molar-refractivity contribution in [1.82, 2.24) is 0 Å². The van der Waals surface area contributed by atoms with Crippen molar-refractivity contribution in [2.75, 3.05) is 24.6 Å². The molecule has 0 saturated heterocycles. The summed E-state index contributed by atoms with van der Waals surface area (Å²) < 4.78 is 0. The highest BCUT2D eigenvalue weighted by Crippen LogP contribution is 2.37. The molecule has 35 heavy (non-hydrogen) atoms. The van der Waals surface area contributed by atoms with Gasteiger partial charge in [0.2, 0.25) is 0 Å². The van der Waals surface area contributed by atoms with Crippen LogP contribution in [0.3, 0.4) is 0 Å². The van der Waals surface area contributed by atoms with Crippen molar-refractivity contribution in [3.05, 3.63) is 30.3 Å². The number of unbranched alkanes of at least 4 members (excludes halogenated alkanes) is 14. The zero-order valence-electron chi connectivity index (χ0n) is 21.3. The first-order valence-corrected chi connectivity index (χ1v) is 18.7. The summed E-state index contributed by atoms with van der Waals surface area (Å²) in [6, 6.07) is 10.9. The average Bonchev–Trinajstić information content (AvgIpc) is 2.79. The van der Waals surface area contributed by atoms with Crippen LogP contribution in [0.2, 0.25) is 0 Å². The lowest BCUT2D eigenvalue weighted by Crippen LogP contribution is -2.34. The summed E-state index contributed by atoms with van der Waals surface area (Å²) in [7, 11) is -8.75. The molecule has 1 rings (SSSR count). The van der Waals surface area contributed by atoms with Gasteiger partial charge in [-0.25, -0.2) is 0 Å². The first-order chi connectivity index (χ1) is 16.7. The molecule has 0 aliphatic carbocycles. The highest BCUT2D eigenvalue weighted by atomic mass is 31.2. The summed E-state index contributed by atoms with van der Waals surface area (Å²) >= 11 is 0. The van der Waals surface area contributed by atoms with Gasteiger partial charge in [0.15, 0.2) is 0 Å². The Hall–Kier alpha value is 0.270. The molecule has 204 valence electrons. The third-order valence-electron chi connectivity index (χ3n) is 6.34. The number of benzene rings is 1. The topological polar surface area (TPSA) is 138 Å². The molecule has 0 fully saturated rings. The van der Waals surface area contributed by atoms with E-state index in [0.717, 1.165) is 38.5 Å². The van der Waals surface area contributed by atoms with Gasteiger partial charge in [0, 0.05) is 12.3 Å². The van der Waals surface area contributed by atoms with Crippen LogP contribution >= 0.6 is 23.8 Å². The van der Waals surface area contributed by atoms with Crippen molar-refractivity contribution < 1.29 is 29.4 Å². The van der Waals surface area contributed by atoms with Crippen LogP contribution in [0, 0.1) is 0 Å². The third-order valence-corrected chi connectivity index (χ3v) is 10.8. The first-order valence-electron chi connectivity index (χ1n) is 13.5. The zero-order chi connectivity index (χ0) is 25.8.